The fourth-order valence-electron chi connectivity index (χ4n) is 6.39. The first-order valence-electron chi connectivity index (χ1n) is 13.7. The van der Waals surface area contributed by atoms with Crippen LogP contribution >= 0.6 is 0 Å². The monoisotopic (exact) mass is 513 g/mol. The molecule has 0 amide bonds. The van der Waals surface area contributed by atoms with E-state index in [0.717, 1.165) is 45.9 Å². The lowest BCUT2D eigenvalue weighted by molar-refractivity contribution is 0.655. The summed E-state index contributed by atoms with van der Waals surface area (Å²) in [6.07, 6.45) is 6.71. The highest BCUT2D eigenvalue weighted by atomic mass is 16.3. The topological polar surface area (TPSA) is 43.9 Å². The number of benzene rings is 5. The standard InChI is InChI=1S/C36H23N3O/c1-2-8-25(9-3-1)39-32-13-7-4-10-26(32)27-18-16-22-14-15-23(20-28(22)35(27)39)24-17-19-33-29(21-24)34-36(40-33)38-31-12-6-5-11-30(31)37-34/h1-6,8-12,14-21H,7,13H2. The van der Waals surface area contributed by atoms with Gasteiger partial charge in [-0.2, -0.15) is 0 Å². The maximum Gasteiger partial charge on any atom is 0.246 e. The van der Waals surface area contributed by atoms with E-state index in [2.05, 4.69) is 89.5 Å². The molecule has 0 bridgehead atoms. The molecule has 9 rings (SSSR count). The van der Waals surface area contributed by atoms with Gasteiger partial charge in [0.2, 0.25) is 5.71 Å². The first-order chi connectivity index (χ1) is 19.8. The summed E-state index contributed by atoms with van der Waals surface area (Å²) in [4.78, 5) is 9.63. The quantitative estimate of drug-likeness (QED) is 0.231. The maximum absolute atomic E-state index is 6.11. The van der Waals surface area contributed by atoms with E-state index in [1.165, 1.54) is 44.2 Å². The van der Waals surface area contributed by atoms with Gasteiger partial charge in [0.25, 0.3) is 0 Å². The minimum atomic E-state index is 0.574. The van der Waals surface area contributed by atoms with Crippen LogP contribution in [0.3, 0.4) is 0 Å². The zero-order chi connectivity index (χ0) is 26.2. The van der Waals surface area contributed by atoms with Crippen molar-refractivity contribution in [2.24, 2.45) is 0 Å². The lowest BCUT2D eigenvalue weighted by atomic mass is 9.97. The second-order valence-electron chi connectivity index (χ2n) is 10.5. The molecule has 4 nitrogen and oxygen atoms in total. The maximum atomic E-state index is 6.11. The molecule has 0 radical (unpaired) electrons. The molecule has 0 atom stereocenters. The number of aromatic nitrogens is 3. The second-order valence-corrected chi connectivity index (χ2v) is 10.5. The van der Waals surface area contributed by atoms with E-state index >= 15 is 0 Å². The van der Waals surface area contributed by atoms with E-state index in [1.807, 2.05) is 30.3 Å². The predicted molar refractivity (Wildman–Crippen MR) is 164 cm³/mol. The third kappa shape index (κ3) is 3.07. The molecule has 1 aliphatic rings. The van der Waals surface area contributed by atoms with E-state index < -0.39 is 0 Å². The fraction of sp³-hybridized carbons (Fsp3) is 0.0556. The molecule has 0 saturated carbocycles. The molecule has 0 N–H and O–H groups in total. The second kappa shape index (κ2) is 8.14. The van der Waals surface area contributed by atoms with E-state index in [9.17, 15) is 0 Å². The number of fused-ring (bicyclic) bond motifs is 9. The van der Waals surface area contributed by atoms with Crippen LogP contribution < -0.4 is 0 Å². The summed E-state index contributed by atoms with van der Waals surface area (Å²) in [6, 6.07) is 36.4. The largest absolute Gasteiger partial charge is 0.436 e. The van der Waals surface area contributed by atoms with Gasteiger partial charge in [-0.05, 0) is 71.8 Å². The van der Waals surface area contributed by atoms with Gasteiger partial charge in [0.15, 0.2) is 0 Å². The van der Waals surface area contributed by atoms with Crippen molar-refractivity contribution in [2.75, 3.05) is 0 Å². The summed E-state index contributed by atoms with van der Waals surface area (Å²) < 4.78 is 8.59. The van der Waals surface area contributed by atoms with E-state index in [0.29, 0.717) is 5.71 Å². The number of hydrogen-bond donors (Lipinski definition) is 0. The Labute approximate surface area is 229 Å². The molecule has 4 heteroatoms. The molecule has 3 heterocycles. The number of rotatable bonds is 2. The molecule has 40 heavy (non-hydrogen) atoms. The van der Waals surface area contributed by atoms with Gasteiger partial charge in [0, 0.05) is 33.1 Å². The third-order valence-electron chi connectivity index (χ3n) is 8.25. The molecule has 0 fully saturated rings. The van der Waals surface area contributed by atoms with Gasteiger partial charge >= 0.3 is 0 Å². The minimum Gasteiger partial charge on any atom is -0.436 e. The van der Waals surface area contributed by atoms with Crippen LogP contribution in [0.4, 0.5) is 0 Å². The molecule has 188 valence electrons. The van der Waals surface area contributed by atoms with Gasteiger partial charge in [-0.25, -0.2) is 9.97 Å². The summed E-state index contributed by atoms with van der Waals surface area (Å²) >= 11 is 0. The molecule has 0 aliphatic heterocycles. The third-order valence-corrected chi connectivity index (χ3v) is 8.25. The van der Waals surface area contributed by atoms with Crippen molar-refractivity contribution in [1.29, 1.82) is 0 Å². The Morgan fingerprint density at radius 3 is 2.30 bits per heavy atom. The molecular formula is C36H23N3O. The summed E-state index contributed by atoms with van der Waals surface area (Å²) in [6.45, 7) is 0. The van der Waals surface area contributed by atoms with Crippen LogP contribution in [0.25, 0.3) is 77.8 Å². The summed E-state index contributed by atoms with van der Waals surface area (Å²) in [5.74, 6) is 0. The SMILES string of the molecule is C1=Cc2c(n(-c3ccccc3)c3c2ccc2ccc(-c4ccc5oc6nc7ccccc7nc6c5c4)cc23)CC1. The van der Waals surface area contributed by atoms with Crippen molar-refractivity contribution in [1.82, 2.24) is 14.5 Å². The van der Waals surface area contributed by atoms with E-state index in [-0.39, 0.29) is 0 Å². The van der Waals surface area contributed by atoms with Crippen LogP contribution in [-0.2, 0) is 6.42 Å². The van der Waals surface area contributed by atoms with Gasteiger partial charge in [-0.1, -0.05) is 72.8 Å². The Balaban J connectivity index is 1.30. The van der Waals surface area contributed by atoms with E-state index in [4.69, 9.17) is 14.4 Å². The highest BCUT2D eigenvalue weighted by molar-refractivity contribution is 6.12. The number of furan rings is 1. The Bertz CT molecular complexity index is 2320. The van der Waals surface area contributed by atoms with Crippen LogP contribution in [0.15, 0.2) is 114 Å². The van der Waals surface area contributed by atoms with Gasteiger partial charge < -0.3 is 8.98 Å². The molecule has 8 aromatic rings. The summed E-state index contributed by atoms with van der Waals surface area (Å²) in [5, 5.41) is 4.78. The van der Waals surface area contributed by atoms with Crippen LogP contribution in [0.2, 0.25) is 0 Å². The van der Waals surface area contributed by atoms with Crippen molar-refractivity contribution in [3.05, 3.63) is 120 Å². The van der Waals surface area contributed by atoms with Crippen LogP contribution in [0.1, 0.15) is 17.7 Å². The Morgan fingerprint density at radius 2 is 1.43 bits per heavy atom. The van der Waals surface area contributed by atoms with E-state index in [1.54, 1.807) is 0 Å². The Morgan fingerprint density at radius 1 is 0.675 bits per heavy atom. The number of hydrogen-bond acceptors (Lipinski definition) is 3. The summed E-state index contributed by atoms with van der Waals surface area (Å²) in [5.41, 5.74) is 11.4. The Hall–Kier alpha value is -5.22. The van der Waals surface area contributed by atoms with Gasteiger partial charge in [0.1, 0.15) is 11.1 Å². The van der Waals surface area contributed by atoms with Gasteiger partial charge in [-0.15, -0.1) is 0 Å². The van der Waals surface area contributed by atoms with Crippen LogP contribution in [-0.4, -0.2) is 14.5 Å². The lowest BCUT2D eigenvalue weighted by Crippen LogP contribution is -2.02. The van der Waals surface area contributed by atoms with Gasteiger partial charge in [0.05, 0.1) is 16.6 Å². The Kier molecular flexibility index (Phi) is 4.41. The molecule has 5 aromatic carbocycles. The van der Waals surface area contributed by atoms with Crippen LogP contribution in [0, 0.1) is 0 Å². The van der Waals surface area contributed by atoms with Crippen molar-refractivity contribution in [3.63, 3.8) is 0 Å². The normalized spacial score (nSPS) is 13.2. The fourth-order valence-corrected chi connectivity index (χ4v) is 6.39. The van der Waals surface area contributed by atoms with Crippen molar-refractivity contribution in [3.8, 4) is 16.8 Å². The summed E-state index contributed by atoms with van der Waals surface area (Å²) in [7, 11) is 0. The smallest absolute Gasteiger partial charge is 0.246 e. The molecular weight excluding hydrogens is 490 g/mol. The average Bonchev–Trinajstić information content (AvgIpc) is 3.55. The first-order valence-corrected chi connectivity index (χ1v) is 13.7. The molecule has 0 saturated heterocycles. The van der Waals surface area contributed by atoms with Crippen LogP contribution in [0.5, 0.6) is 0 Å². The van der Waals surface area contributed by atoms with Gasteiger partial charge in [-0.3, -0.25) is 0 Å². The zero-order valence-electron chi connectivity index (χ0n) is 21.6. The predicted octanol–water partition coefficient (Wildman–Crippen LogP) is 9.25. The van der Waals surface area contributed by atoms with Crippen molar-refractivity contribution < 1.29 is 4.42 Å². The molecule has 0 unspecified atom stereocenters. The van der Waals surface area contributed by atoms with Crippen molar-refractivity contribution in [2.45, 2.75) is 12.8 Å². The highest BCUT2D eigenvalue weighted by Gasteiger charge is 2.21. The molecule has 0 spiro atoms. The van der Waals surface area contributed by atoms with Crippen molar-refractivity contribution >= 4 is 61.0 Å². The number of allylic oxidation sites excluding steroid dienone is 1. The highest BCUT2D eigenvalue weighted by Crippen LogP contribution is 2.39. The first kappa shape index (κ1) is 21.7. The lowest BCUT2D eigenvalue weighted by Gasteiger charge is -2.14. The number of nitrogens with zero attached hydrogens (tertiary/aromatic N) is 3. The average molecular weight is 514 g/mol. The minimum absolute atomic E-state index is 0.574. The molecule has 1 aliphatic carbocycles. The zero-order valence-corrected chi connectivity index (χ0v) is 21.6. The molecule has 3 aromatic heterocycles. The number of para-hydroxylation sites is 3.